The Morgan fingerprint density at radius 1 is 1.38 bits per heavy atom. The highest BCUT2D eigenvalue weighted by Gasteiger charge is 2.44. The molecule has 0 aliphatic heterocycles. The van der Waals surface area contributed by atoms with E-state index >= 15 is 0 Å². The standard InChI is InChI=1S/C12H22O/c1-9(11(3,4)5)8-10(2)12(13)6-7-12/h8,10,13H,6-7H2,1-5H3. The third kappa shape index (κ3) is 2.57. The van der Waals surface area contributed by atoms with Crippen molar-refractivity contribution in [2.45, 2.75) is 53.1 Å². The van der Waals surface area contributed by atoms with E-state index in [4.69, 9.17) is 0 Å². The van der Waals surface area contributed by atoms with Crippen molar-refractivity contribution in [2.75, 3.05) is 0 Å². The molecule has 0 aromatic rings. The topological polar surface area (TPSA) is 20.2 Å². The molecular formula is C12H22O. The molecule has 1 atom stereocenters. The first kappa shape index (κ1) is 10.8. The minimum Gasteiger partial charge on any atom is -0.389 e. The van der Waals surface area contributed by atoms with Crippen LogP contribution < -0.4 is 0 Å². The maximum absolute atomic E-state index is 9.87. The second kappa shape index (κ2) is 3.13. The average Bonchev–Trinajstić information content (AvgIpc) is 2.67. The summed E-state index contributed by atoms with van der Waals surface area (Å²) in [7, 11) is 0. The Kier molecular flexibility index (Phi) is 2.59. The first-order valence-corrected chi connectivity index (χ1v) is 5.17. The molecule has 0 aromatic carbocycles. The summed E-state index contributed by atoms with van der Waals surface area (Å²) in [5.41, 5.74) is 1.24. The molecule has 0 bridgehead atoms. The van der Waals surface area contributed by atoms with E-state index in [1.165, 1.54) is 5.57 Å². The highest BCUT2D eigenvalue weighted by Crippen LogP contribution is 2.43. The van der Waals surface area contributed by atoms with Gasteiger partial charge in [-0.3, -0.25) is 0 Å². The van der Waals surface area contributed by atoms with E-state index in [1.54, 1.807) is 0 Å². The zero-order valence-corrected chi connectivity index (χ0v) is 9.52. The Hall–Kier alpha value is -0.300. The molecular weight excluding hydrogens is 160 g/mol. The van der Waals surface area contributed by atoms with Crippen molar-refractivity contribution in [3.63, 3.8) is 0 Å². The molecule has 1 fully saturated rings. The minimum absolute atomic E-state index is 0.236. The summed E-state index contributed by atoms with van der Waals surface area (Å²) in [6, 6.07) is 0. The molecule has 1 unspecified atom stereocenters. The number of rotatable bonds is 2. The lowest BCUT2D eigenvalue weighted by molar-refractivity contribution is 0.111. The average molecular weight is 182 g/mol. The Morgan fingerprint density at radius 2 is 1.85 bits per heavy atom. The van der Waals surface area contributed by atoms with Gasteiger partial charge in [-0.25, -0.2) is 0 Å². The molecule has 76 valence electrons. The molecule has 0 amide bonds. The molecule has 0 aromatic heterocycles. The van der Waals surface area contributed by atoms with Gasteiger partial charge in [0.1, 0.15) is 0 Å². The second-order valence-electron chi connectivity index (χ2n) is 5.49. The van der Waals surface area contributed by atoms with Crippen molar-refractivity contribution >= 4 is 0 Å². The molecule has 1 heteroatoms. The van der Waals surface area contributed by atoms with Gasteiger partial charge in [-0.15, -0.1) is 0 Å². The number of allylic oxidation sites excluding steroid dienone is 1. The quantitative estimate of drug-likeness (QED) is 0.650. The van der Waals surface area contributed by atoms with Crippen LogP contribution in [-0.4, -0.2) is 10.7 Å². The van der Waals surface area contributed by atoms with Gasteiger partial charge in [-0.05, 0) is 25.2 Å². The van der Waals surface area contributed by atoms with Crippen LogP contribution in [0.3, 0.4) is 0 Å². The number of hydrogen-bond donors (Lipinski definition) is 1. The van der Waals surface area contributed by atoms with Gasteiger partial charge in [0, 0.05) is 5.92 Å². The zero-order chi connectivity index (χ0) is 10.3. The predicted octanol–water partition coefficient (Wildman–Crippen LogP) is 3.14. The third-order valence-corrected chi connectivity index (χ3v) is 3.29. The first-order valence-electron chi connectivity index (χ1n) is 5.17. The highest BCUT2D eigenvalue weighted by atomic mass is 16.3. The maximum atomic E-state index is 9.87. The lowest BCUT2D eigenvalue weighted by Gasteiger charge is -2.23. The van der Waals surface area contributed by atoms with Crippen molar-refractivity contribution in [3.05, 3.63) is 11.6 Å². The van der Waals surface area contributed by atoms with Crippen LogP contribution in [0.15, 0.2) is 11.6 Å². The summed E-state index contributed by atoms with van der Waals surface area (Å²) < 4.78 is 0. The normalized spacial score (nSPS) is 24.3. The summed E-state index contributed by atoms with van der Waals surface area (Å²) in [5.74, 6) is 0.312. The van der Waals surface area contributed by atoms with Crippen LogP contribution in [-0.2, 0) is 0 Å². The lowest BCUT2D eigenvalue weighted by Crippen LogP contribution is -2.18. The smallest absolute Gasteiger partial charge is 0.0709 e. The van der Waals surface area contributed by atoms with Crippen LogP contribution in [0, 0.1) is 11.3 Å². The van der Waals surface area contributed by atoms with Crippen LogP contribution in [0.5, 0.6) is 0 Å². The van der Waals surface area contributed by atoms with Gasteiger partial charge in [0.25, 0.3) is 0 Å². The fraction of sp³-hybridized carbons (Fsp3) is 0.833. The van der Waals surface area contributed by atoms with Gasteiger partial charge in [0.2, 0.25) is 0 Å². The Labute approximate surface area is 81.9 Å². The molecule has 1 aliphatic carbocycles. The van der Waals surface area contributed by atoms with Crippen molar-refractivity contribution < 1.29 is 5.11 Å². The summed E-state index contributed by atoms with van der Waals surface area (Å²) in [4.78, 5) is 0. The molecule has 0 heterocycles. The van der Waals surface area contributed by atoms with E-state index in [1.807, 2.05) is 0 Å². The van der Waals surface area contributed by atoms with Gasteiger partial charge < -0.3 is 5.11 Å². The van der Waals surface area contributed by atoms with Crippen molar-refractivity contribution in [1.82, 2.24) is 0 Å². The number of aliphatic hydroxyl groups is 1. The fourth-order valence-electron chi connectivity index (χ4n) is 1.36. The van der Waals surface area contributed by atoms with Crippen molar-refractivity contribution in [2.24, 2.45) is 11.3 Å². The first-order chi connectivity index (χ1) is 5.76. The van der Waals surface area contributed by atoms with Gasteiger partial charge in [0.15, 0.2) is 0 Å². The molecule has 0 spiro atoms. The summed E-state index contributed by atoms with van der Waals surface area (Å²) in [5, 5.41) is 9.87. The SMILES string of the molecule is CC(=CC(C)C1(O)CC1)C(C)(C)C. The zero-order valence-electron chi connectivity index (χ0n) is 9.52. The predicted molar refractivity (Wildman–Crippen MR) is 56.6 cm³/mol. The van der Waals surface area contributed by atoms with E-state index in [2.05, 4.69) is 40.7 Å². The molecule has 1 nitrogen and oxygen atoms in total. The maximum Gasteiger partial charge on any atom is 0.0709 e. The Bertz CT molecular complexity index is 216. The van der Waals surface area contributed by atoms with Crippen LogP contribution in [0.25, 0.3) is 0 Å². The van der Waals surface area contributed by atoms with E-state index in [9.17, 15) is 5.11 Å². The van der Waals surface area contributed by atoms with Gasteiger partial charge >= 0.3 is 0 Å². The van der Waals surface area contributed by atoms with Gasteiger partial charge in [0.05, 0.1) is 5.60 Å². The van der Waals surface area contributed by atoms with Crippen molar-refractivity contribution in [1.29, 1.82) is 0 Å². The third-order valence-electron chi connectivity index (χ3n) is 3.29. The molecule has 1 saturated carbocycles. The summed E-state index contributed by atoms with van der Waals surface area (Å²) in [6.07, 6.45) is 4.18. The molecule has 0 radical (unpaired) electrons. The van der Waals surface area contributed by atoms with E-state index < -0.39 is 0 Å². The van der Waals surface area contributed by atoms with Crippen LogP contribution >= 0.6 is 0 Å². The second-order valence-corrected chi connectivity index (χ2v) is 5.49. The Morgan fingerprint density at radius 3 is 2.15 bits per heavy atom. The number of hydrogen-bond acceptors (Lipinski definition) is 1. The summed E-state index contributed by atoms with van der Waals surface area (Å²) >= 11 is 0. The monoisotopic (exact) mass is 182 g/mol. The largest absolute Gasteiger partial charge is 0.389 e. The Balaban J connectivity index is 2.65. The highest BCUT2D eigenvalue weighted by molar-refractivity contribution is 5.14. The molecule has 13 heavy (non-hydrogen) atoms. The minimum atomic E-state index is -0.369. The van der Waals surface area contributed by atoms with Gasteiger partial charge in [-0.2, -0.15) is 0 Å². The van der Waals surface area contributed by atoms with E-state index in [0.717, 1.165) is 12.8 Å². The van der Waals surface area contributed by atoms with Crippen molar-refractivity contribution in [3.8, 4) is 0 Å². The van der Waals surface area contributed by atoms with E-state index in [-0.39, 0.29) is 11.0 Å². The van der Waals surface area contributed by atoms with Crippen LogP contribution in [0.2, 0.25) is 0 Å². The van der Waals surface area contributed by atoms with Crippen LogP contribution in [0.4, 0.5) is 0 Å². The summed E-state index contributed by atoms with van der Waals surface area (Å²) in [6.45, 7) is 10.9. The molecule has 0 saturated heterocycles. The fourth-order valence-corrected chi connectivity index (χ4v) is 1.36. The van der Waals surface area contributed by atoms with Crippen LogP contribution in [0.1, 0.15) is 47.5 Å². The van der Waals surface area contributed by atoms with E-state index in [0.29, 0.717) is 5.92 Å². The van der Waals surface area contributed by atoms with Gasteiger partial charge in [-0.1, -0.05) is 39.3 Å². The lowest BCUT2D eigenvalue weighted by atomic mass is 9.84. The molecule has 1 aliphatic rings. The molecule has 1 rings (SSSR count). The molecule has 1 N–H and O–H groups in total.